The second-order valence-corrected chi connectivity index (χ2v) is 8.93. The number of sulfone groups is 1. The van der Waals surface area contributed by atoms with Gasteiger partial charge in [0, 0.05) is 16.8 Å². The molecule has 5 nitrogen and oxygen atoms in total. The van der Waals surface area contributed by atoms with Crippen LogP contribution in [0.1, 0.15) is 16.6 Å². The molecule has 0 radical (unpaired) electrons. The number of carbonyl (C=O) groups excluding carboxylic acids is 1. The maximum Gasteiger partial charge on any atom is 0.269 e. The summed E-state index contributed by atoms with van der Waals surface area (Å²) >= 11 is 1.33. The van der Waals surface area contributed by atoms with Crippen LogP contribution in [0.5, 0.6) is 5.75 Å². The number of ether oxygens (including phenoxy) is 1. The number of carbonyl (C=O) groups is 1. The Morgan fingerprint density at radius 3 is 2.48 bits per heavy atom. The van der Waals surface area contributed by atoms with Crippen molar-refractivity contribution < 1.29 is 17.9 Å². The molecule has 0 fully saturated rings. The lowest BCUT2D eigenvalue weighted by molar-refractivity contribution is 0.102. The Bertz CT molecular complexity index is 1060. The highest BCUT2D eigenvalue weighted by atomic mass is 32.2. The van der Waals surface area contributed by atoms with Crippen molar-refractivity contribution in [1.29, 1.82) is 0 Å². The number of benzene rings is 2. The highest BCUT2D eigenvalue weighted by Gasteiger charge is 2.19. The van der Waals surface area contributed by atoms with Crippen molar-refractivity contribution in [2.75, 3.05) is 18.2 Å². The summed E-state index contributed by atoms with van der Waals surface area (Å²) in [5.74, 6) is 0.175. The third-order valence-electron chi connectivity index (χ3n) is 3.78. The molecule has 3 aromatic rings. The summed E-state index contributed by atoms with van der Waals surface area (Å²) in [4.78, 5) is 14.3. The van der Waals surface area contributed by atoms with E-state index in [1.165, 1.54) is 23.5 Å². The lowest BCUT2D eigenvalue weighted by atomic mass is 10.2. The van der Waals surface area contributed by atoms with E-state index in [1.807, 2.05) is 43.3 Å². The summed E-state index contributed by atoms with van der Waals surface area (Å²) in [6, 6.07) is 17.8. The highest BCUT2D eigenvalue weighted by molar-refractivity contribution is 7.90. The molecule has 2 aromatic carbocycles. The first-order valence-corrected chi connectivity index (χ1v) is 11.0. The number of amides is 1. The van der Waals surface area contributed by atoms with E-state index < -0.39 is 9.84 Å². The molecule has 0 unspecified atom stereocenters. The highest BCUT2D eigenvalue weighted by Crippen LogP contribution is 2.36. The third kappa shape index (κ3) is 4.56. The van der Waals surface area contributed by atoms with Gasteiger partial charge in [-0.15, -0.1) is 11.3 Å². The first-order chi connectivity index (χ1) is 12.9. The monoisotopic (exact) mass is 401 g/mol. The minimum atomic E-state index is -3.35. The van der Waals surface area contributed by atoms with Crippen LogP contribution in [0.2, 0.25) is 0 Å². The average molecular weight is 402 g/mol. The molecule has 1 N–H and O–H groups in total. The van der Waals surface area contributed by atoms with Gasteiger partial charge in [-0.1, -0.05) is 36.4 Å². The van der Waals surface area contributed by atoms with E-state index in [1.54, 1.807) is 12.1 Å². The van der Waals surface area contributed by atoms with Gasteiger partial charge in [-0.25, -0.2) is 8.42 Å². The van der Waals surface area contributed by atoms with Crippen LogP contribution in [0.25, 0.3) is 10.4 Å². The summed E-state index contributed by atoms with van der Waals surface area (Å²) in [5, 5.41) is 2.76. The minimum absolute atomic E-state index is 0.154. The molecule has 7 heteroatoms. The van der Waals surface area contributed by atoms with Crippen molar-refractivity contribution in [1.82, 2.24) is 0 Å². The molecule has 27 heavy (non-hydrogen) atoms. The van der Waals surface area contributed by atoms with E-state index in [4.69, 9.17) is 4.74 Å². The van der Waals surface area contributed by atoms with Crippen molar-refractivity contribution in [2.24, 2.45) is 0 Å². The number of nitrogens with one attached hydrogen (secondary N) is 1. The van der Waals surface area contributed by atoms with Crippen LogP contribution in [0.3, 0.4) is 0 Å². The zero-order chi connectivity index (χ0) is 19.4. The first kappa shape index (κ1) is 19.1. The molecule has 0 spiro atoms. The van der Waals surface area contributed by atoms with Crippen molar-refractivity contribution >= 4 is 32.8 Å². The number of rotatable bonds is 6. The second kappa shape index (κ2) is 7.94. The molecule has 1 aromatic heterocycles. The van der Waals surface area contributed by atoms with Crippen molar-refractivity contribution in [3.05, 3.63) is 65.5 Å². The molecule has 3 rings (SSSR count). The third-order valence-corrected chi connectivity index (χ3v) is 6.06. The molecule has 0 atom stereocenters. The van der Waals surface area contributed by atoms with Gasteiger partial charge in [0.25, 0.3) is 5.91 Å². The van der Waals surface area contributed by atoms with Gasteiger partial charge in [-0.05, 0) is 36.8 Å². The lowest BCUT2D eigenvalue weighted by Gasteiger charge is -2.07. The van der Waals surface area contributed by atoms with Gasteiger partial charge in [-0.3, -0.25) is 4.79 Å². The standard InChI is InChI=1S/C20H19NO4S2/c1-3-25-17-13-18(14-8-5-4-6-9-14)26-19(17)20(22)21-15-10-7-11-16(12-15)27(2,23)24/h4-13H,3H2,1-2H3,(H,21,22). The van der Waals surface area contributed by atoms with Crippen LogP contribution in [0.15, 0.2) is 65.6 Å². The maximum atomic E-state index is 12.8. The van der Waals surface area contributed by atoms with Gasteiger partial charge in [0.1, 0.15) is 10.6 Å². The van der Waals surface area contributed by atoms with Crippen molar-refractivity contribution in [3.8, 4) is 16.2 Å². The number of hydrogen-bond donors (Lipinski definition) is 1. The summed E-state index contributed by atoms with van der Waals surface area (Å²) in [7, 11) is -3.35. The van der Waals surface area contributed by atoms with Gasteiger partial charge in [0.2, 0.25) is 0 Å². The smallest absolute Gasteiger partial charge is 0.269 e. The number of hydrogen-bond acceptors (Lipinski definition) is 5. The van der Waals surface area contributed by atoms with Crippen molar-refractivity contribution in [2.45, 2.75) is 11.8 Å². The van der Waals surface area contributed by atoms with Crippen LogP contribution >= 0.6 is 11.3 Å². The second-order valence-electron chi connectivity index (χ2n) is 5.86. The molecule has 0 saturated carbocycles. The Labute approximate surface area is 162 Å². The van der Waals surface area contributed by atoms with Crippen LogP contribution in [-0.4, -0.2) is 27.2 Å². The molecule has 0 saturated heterocycles. The SMILES string of the molecule is CCOc1cc(-c2ccccc2)sc1C(=O)Nc1cccc(S(C)(=O)=O)c1. The molecule has 140 valence electrons. The molecular formula is C20H19NO4S2. The molecule has 1 amide bonds. The lowest BCUT2D eigenvalue weighted by Crippen LogP contribution is -2.12. The topological polar surface area (TPSA) is 72.5 Å². The van der Waals surface area contributed by atoms with Crippen LogP contribution in [-0.2, 0) is 9.84 Å². The Balaban J connectivity index is 1.91. The summed E-state index contributed by atoms with van der Waals surface area (Å²) in [5.41, 5.74) is 1.42. The average Bonchev–Trinajstić information content (AvgIpc) is 3.06. The predicted octanol–water partition coefficient (Wildman–Crippen LogP) is 4.47. The van der Waals surface area contributed by atoms with E-state index in [9.17, 15) is 13.2 Å². The predicted molar refractivity (Wildman–Crippen MR) is 108 cm³/mol. The maximum absolute atomic E-state index is 12.8. The van der Waals surface area contributed by atoms with Gasteiger partial charge in [0.15, 0.2) is 9.84 Å². The Morgan fingerprint density at radius 2 is 1.81 bits per heavy atom. The van der Waals surface area contributed by atoms with Gasteiger partial charge in [0.05, 0.1) is 11.5 Å². The fourth-order valence-corrected chi connectivity index (χ4v) is 4.20. The molecule has 0 aliphatic carbocycles. The molecule has 0 aliphatic heterocycles. The van der Waals surface area contributed by atoms with Gasteiger partial charge < -0.3 is 10.1 Å². The Kier molecular flexibility index (Phi) is 5.62. The van der Waals surface area contributed by atoms with Crippen molar-refractivity contribution in [3.63, 3.8) is 0 Å². The summed E-state index contributed by atoms with van der Waals surface area (Å²) < 4.78 is 29.0. The summed E-state index contributed by atoms with van der Waals surface area (Å²) in [6.07, 6.45) is 1.13. The van der Waals surface area contributed by atoms with E-state index in [0.29, 0.717) is 22.9 Å². The molecule has 1 heterocycles. The minimum Gasteiger partial charge on any atom is -0.492 e. The number of thiophene rings is 1. The fraction of sp³-hybridized carbons (Fsp3) is 0.150. The van der Waals surface area contributed by atoms with Crippen LogP contribution in [0.4, 0.5) is 5.69 Å². The van der Waals surface area contributed by atoms with E-state index in [2.05, 4.69) is 5.32 Å². The van der Waals surface area contributed by atoms with E-state index >= 15 is 0 Å². The van der Waals surface area contributed by atoms with E-state index in [0.717, 1.165) is 16.7 Å². The Morgan fingerprint density at radius 1 is 1.07 bits per heavy atom. The van der Waals surface area contributed by atoms with Gasteiger partial charge >= 0.3 is 0 Å². The quantitative estimate of drug-likeness (QED) is 0.661. The van der Waals surface area contributed by atoms with Crippen LogP contribution in [0, 0.1) is 0 Å². The molecular weight excluding hydrogens is 382 g/mol. The number of anilines is 1. The molecule has 0 bridgehead atoms. The first-order valence-electron chi connectivity index (χ1n) is 8.32. The normalized spacial score (nSPS) is 11.2. The fourth-order valence-electron chi connectivity index (χ4n) is 2.53. The molecule has 0 aliphatic rings. The largest absolute Gasteiger partial charge is 0.492 e. The zero-order valence-corrected chi connectivity index (χ0v) is 16.6. The van der Waals surface area contributed by atoms with Gasteiger partial charge in [-0.2, -0.15) is 0 Å². The zero-order valence-electron chi connectivity index (χ0n) is 14.9. The summed E-state index contributed by atoms with van der Waals surface area (Å²) in [6.45, 7) is 2.30. The van der Waals surface area contributed by atoms with Crippen LogP contribution < -0.4 is 10.1 Å². The van der Waals surface area contributed by atoms with E-state index in [-0.39, 0.29) is 10.8 Å². The Hall–Kier alpha value is -2.64.